The van der Waals surface area contributed by atoms with Crippen LogP contribution in [0.15, 0.2) is 30.3 Å². The summed E-state index contributed by atoms with van der Waals surface area (Å²) >= 11 is 0. The van der Waals surface area contributed by atoms with Crippen molar-refractivity contribution in [2.45, 2.75) is 69.3 Å². The Labute approximate surface area is 127 Å². The molecule has 0 aromatic heterocycles. The summed E-state index contributed by atoms with van der Waals surface area (Å²) in [6, 6.07) is 12.9. The molecule has 3 rings (SSSR count). The summed E-state index contributed by atoms with van der Waals surface area (Å²) in [5, 5.41) is 21.6. The fraction of sp³-hybridized carbons (Fsp3) is 0.632. The van der Waals surface area contributed by atoms with Gasteiger partial charge < -0.3 is 5.11 Å². The molecule has 2 saturated carbocycles. The molecule has 1 aromatic carbocycles. The zero-order valence-corrected chi connectivity index (χ0v) is 12.7. The van der Waals surface area contributed by atoms with E-state index in [-0.39, 0.29) is 5.92 Å². The highest BCUT2D eigenvalue weighted by molar-refractivity contribution is 5.28. The van der Waals surface area contributed by atoms with Crippen LogP contribution in [-0.2, 0) is 0 Å². The van der Waals surface area contributed by atoms with Gasteiger partial charge in [0.1, 0.15) is 0 Å². The second kappa shape index (κ2) is 5.81. The summed E-state index contributed by atoms with van der Waals surface area (Å²) in [5.74, 6) is 0.116. The minimum atomic E-state index is -0.845. The summed E-state index contributed by atoms with van der Waals surface area (Å²) < 4.78 is 0. The summed E-state index contributed by atoms with van der Waals surface area (Å²) in [7, 11) is 0. The second-order valence-corrected chi connectivity index (χ2v) is 6.89. The van der Waals surface area contributed by atoms with Crippen molar-refractivity contribution in [1.82, 2.24) is 0 Å². The summed E-state index contributed by atoms with van der Waals surface area (Å²) in [6.07, 6.45) is 9.08. The van der Waals surface area contributed by atoms with Crippen LogP contribution in [-0.4, -0.2) is 10.7 Å². The average Bonchev–Trinajstić information content (AvgIpc) is 2.56. The number of nitriles is 1. The Morgan fingerprint density at radius 2 is 1.62 bits per heavy atom. The molecule has 1 N–H and O–H groups in total. The van der Waals surface area contributed by atoms with Crippen molar-refractivity contribution in [3.8, 4) is 6.07 Å². The van der Waals surface area contributed by atoms with E-state index in [1.54, 1.807) is 0 Å². The van der Waals surface area contributed by atoms with Gasteiger partial charge in [0, 0.05) is 5.92 Å². The Morgan fingerprint density at radius 1 is 0.952 bits per heavy atom. The third-order valence-corrected chi connectivity index (χ3v) is 5.83. The van der Waals surface area contributed by atoms with E-state index in [1.807, 2.05) is 18.2 Å². The van der Waals surface area contributed by atoms with Crippen LogP contribution in [0.25, 0.3) is 0 Å². The maximum Gasteiger partial charge on any atom is 0.0901 e. The standard InChI is InChI=1S/C19H25NO/c20-15-18(12-6-2-7-13-18)19(21)14-8-5-11-17(19)16-9-3-1-4-10-16/h1,3-4,9-10,17,21H,2,5-8,11-14H2. The van der Waals surface area contributed by atoms with Crippen LogP contribution in [0.5, 0.6) is 0 Å². The molecule has 2 heteroatoms. The predicted octanol–water partition coefficient (Wildman–Crippen LogP) is 4.55. The number of aliphatic hydroxyl groups is 1. The lowest BCUT2D eigenvalue weighted by Crippen LogP contribution is -2.54. The number of benzene rings is 1. The molecule has 2 fully saturated rings. The SMILES string of the molecule is N#CC1(C2(O)CCCCC2c2ccccc2)CCCCC1. The highest BCUT2D eigenvalue weighted by Crippen LogP contribution is 2.55. The molecule has 0 aliphatic heterocycles. The Kier molecular flexibility index (Phi) is 4.04. The van der Waals surface area contributed by atoms with Crippen molar-refractivity contribution in [2.24, 2.45) is 5.41 Å². The van der Waals surface area contributed by atoms with E-state index in [9.17, 15) is 10.4 Å². The first-order valence-electron chi connectivity index (χ1n) is 8.40. The van der Waals surface area contributed by atoms with Gasteiger partial charge in [-0.1, -0.05) is 62.4 Å². The maximum atomic E-state index is 11.6. The Hall–Kier alpha value is -1.33. The van der Waals surface area contributed by atoms with Gasteiger partial charge in [0.25, 0.3) is 0 Å². The van der Waals surface area contributed by atoms with Crippen LogP contribution in [0.2, 0.25) is 0 Å². The number of hydrogen-bond acceptors (Lipinski definition) is 2. The van der Waals surface area contributed by atoms with Gasteiger partial charge in [-0.2, -0.15) is 5.26 Å². The first-order valence-corrected chi connectivity index (χ1v) is 8.40. The van der Waals surface area contributed by atoms with E-state index < -0.39 is 11.0 Å². The molecule has 2 aliphatic rings. The molecule has 2 atom stereocenters. The van der Waals surface area contributed by atoms with Gasteiger partial charge in [0.2, 0.25) is 0 Å². The van der Waals surface area contributed by atoms with Crippen LogP contribution in [0, 0.1) is 16.7 Å². The summed E-state index contributed by atoms with van der Waals surface area (Å²) in [5.41, 5.74) is -0.173. The van der Waals surface area contributed by atoms with E-state index in [1.165, 1.54) is 12.0 Å². The van der Waals surface area contributed by atoms with E-state index in [4.69, 9.17) is 0 Å². The number of hydrogen-bond donors (Lipinski definition) is 1. The van der Waals surface area contributed by atoms with Gasteiger partial charge in [-0.15, -0.1) is 0 Å². The fourth-order valence-corrected chi connectivity index (χ4v) is 4.65. The average molecular weight is 283 g/mol. The van der Waals surface area contributed by atoms with Crippen LogP contribution in [0.4, 0.5) is 0 Å². The molecule has 112 valence electrons. The van der Waals surface area contributed by atoms with Gasteiger partial charge in [-0.05, 0) is 31.2 Å². The third kappa shape index (κ3) is 2.38. The Bertz CT molecular complexity index is 512. The minimum Gasteiger partial charge on any atom is -0.388 e. The first-order chi connectivity index (χ1) is 10.2. The smallest absolute Gasteiger partial charge is 0.0901 e. The van der Waals surface area contributed by atoms with Crippen LogP contribution in [0.1, 0.15) is 69.3 Å². The normalized spacial score (nSPS) is 32.3. The van der Waals surface area contributed by atoms with Crippen molar-refractivity contribution in [3.05, 3.63) is 35.9 Å². The molecule has 21 heavy (non-hydrogen) atoms. The van der Waals surface area contributed by atoms with Gasteiger partial charge in [0.05, 0.1) is 17.1 Å². The molecule has 0 bridgehead atoms. The zero-order chi connectivity index (χ0) is 14.8. The van der Waals surface area contributed by atoms with Gasteiger partial charge in [-0.3, -0.25) is 0 Å². The molecule has 0 amide bonds. The lowest BCUT2D eigenvalue weighted by atomic mass is 9.54. The topological polar surface area (TPSA) is 44.0 Å². The van der Waals surface area contributed by atoms with Gasteiger partial charge in [0.15, 0.2) is 0 Å². The number of nitrogens with zero attached hydrogens (tertiary/aromatic N) is 1. The lowest BCUT2D eigenvalue weighted by molar-refractivity contribution is -0.113. The van der Waals surface area contributed by atoms with Crippen LogP contribution in [0.3, 0.4) is 0 Å². The molecule has 0 radical (unpaired) electrons. The fourth-order valence-electron chi connectivity index (χ4n) is 4.65. The maximum absolute atomic E-state index is 11.6. The van der Waals surface area contributed by atoms with E-state index >= 15 is 0 Å². The Balaban J connectivity index is 2.00. The molecule has 0 spiro atoms. The molecule has 2 aliphatic carbocycles. The van der Waals surface area contributed by atoms with E-state index in [0.717, 1.165) is 51.4 Å². The quantitative estimate of drug-likeness (QED) is 0.865. The molecular weight excluding hydrogens is 258 g/mol. The number of rotatable bonds is 2. The van der Waals surface area contributed by atoms with Gasteiger partial charge in [-0.25, -0.2) is 0 Å². The van der Waals surface area contributed by atoms with Crippen molar-refractivity contribution in [2.75, 3.05) is 0 Å². The first kappa shape index (κ1) is 14.6. The largest absolute Gasteiger partial charge is 0.388 e. The zero-order valence-electron chi connectivity index (χ0n) is 12.7. The van der Waals surface area contributed by atoms with Crippen LogP contribution >= 0.6 is 0 Å². The second-order valence-electron chi connectivity index (χ2n) is 6.89. The summed E-state index contributed by atoms with van der Waals surface area (Å²) in [4.78, 5) is 0. The Morgan fingerprint density at radius 3 is 2.29 bits per heavy atom. The third-order valence-electron chi connectivity index (χ3n) is 5.83. The highest BCUT2D eigenvalue weighted by atomic mass is 16.3. The van der Waals surface area contributed by atoms with Crippen molar-refractivity contribution in [3.63, 3.8) is 0 Å². The van der Waals surface area contributed by atoms with Crippen molar-refractivity contribution >= 4 is 0 Å². The molecule has 0 heterocycles. The molecule has 0 saturated heterocycles. The monoisotopic (exact) mass is 283 g/mol. The lowest BCUT2D eigenvalue weighted by Gasteiger charge is -2.51. The van der Waals surface area contributed by atoms with Crippen LogP contribution < -0.4 is 0 Å². The molecule has 2 nitrogen and oxygen atoms in total. The van der Waals surface area contributed by atoms with E-state index in [0.29, 0.717) is 0 Å². The highest BCUT2D eigenvalue weighted by Gasteiger charge is 2.56. The molecular formula is C19H25NO. The summed E-state index contributed by atoms with van der Waals surface area (Å²) in [6.45, 7) is 0. The minimum absolute atomic E-state index is 0.116. The molecule has 2 unspecified atom stereocenters. The predicted molar refractivity (Wildman–Crippen MR) is 83.7 cm³/mol. The van der Waals surface area contributed by atoms with Crippen molar-refractivity contribution in [1.29, 1.82) is 5.26 Å². The molecule has 1 aromatic rings. The van der Waals surface area contributed by atoms with E-state index in [2.05, 4.69) is 18.2 Å². The van der Waals surface area contributed by atoms with Crippen molar-refractivity contribution < 1.29 is 5.11 Å². The van der Waals surface area contributed by atoms with Gasteiger partial charge >= 0.3 is 0 Å².